The van der Waals surface area contributed by atoms with Gasteiger partial charge in [-0.15, -0.1) is 23.4 Å². The van der Waals surface area contributed by atoms with E-state index in [2.05, 4.69) is 14.9 Å². The van der Waals surface area contributed by atoms with Crippen LogP contribution in [0, 0.1) is 5.92 Å². The van der Waals surface area contributed by atoms with Crippen LogP contribution in [0.4, 0.5) is 13.2 Å². The zero-order chi connectivity index (χ0) is 15.0. The highest BCUT2D eigenvalue weighted by Crippen LogP contribution is 2.48. The van der Waals surface area contributed by atoms with Gasteiger partial charge < -0.3 is 14.9 Å². The van der Waals surface area contributed by atoms with E-state index >= 15 is 0 Å². The first-order chi connectivity index (χ1) is 9.92. The van der Waals surface area contributed by atoms with Crippen molar-refractivity contribution in [2.45, 2.75) is 43.7 Å². The summed E-state index contributed by atoms with van der Waals surface area (Å²) >= 11 is 0. The van der Waals surface area contributed by atoms with Crippen LogP contribution in [0.5, 0.6) is 0 Å². The number of halogens is 3. The van der Waals surface area contributed by atoms with Crippen LogP contribution in [0.2, 0.25) is 0 Å². The molecule has 0 aromatic carbocycles. The smallest absolute Gasteiger partial charge is 0.422 e. The molecule has 2 heterocycles. The molecular weight excluding hydrogens is 291 g/mol. The minimum absolute atomic E-state index is 0.0240. The van der Waals surface area contributed by atoms with Crippen molar-refractivity contribution in [3.63, 3.8) is 0 Å². The second-order valence-electron chi connectivity index (χ2n) is 5.50. The molecule has 1 aliphatic heterocycles. The van der Waals surface area contributed by atoms with Crippen molar-refractivity contribution in [3.8, 4) is 0 Å². The number of nitrogens with two attached hydrogens (primary N) is 1. The van der Waals surface area contributed by atoms with Crippen molar-refractivity contribution in [1.82, 2.24) is 10.2 Å². The molecule has 4 unspecified atom stereocenters. The van der Waals surface area contributed by atoms with E-state index in [0.29, 0.717) is 31.2 Å². The van der Waals surface area contributed by atoms with E-state index < -0.39 is 6.36 Å². The zero-order valence-corrected chi connectivity index (χ0v) is 11.2. The third-order valence-electron chi connectivity index (χ3n) is 3.74. The van der Waals surface area contributed by atoms with E-state index in [9.17, 15) is 13.2 Å². The van der Waals surface area contributed by atoms with E-state index in [0.717, 1.165) is 6.42 Å². The Balaban J connectivity index is 1.52. The van der Waals surface area contributed by atoms with Crippen molar-refractivity contribution >= 4 is 0 Å². The molecule has 1 aromatic heterocycles. The molecule has 0 amide bonds. The van der Waals surface area contributed by atoms with Gasteiger partial charge in [0.15, 0.2) is 0 Å². The van der Waals surface area contributed by atoms with Gasteiger partial charge in [-0.1, -0.05) is 0 Å². The molecule has 2 N–H and O–H groups in total. The Morgan fingerprint density at radius 1 is 1.24 bits per heavy atom. The number of rotatable bonds is 4. The van der Waals surface area contributed by atoms with Crippen molar-refractivity contribution in [3.05, 3.63) is 11.8 Å². The van der Waals surface area contributed by atoms with E-state index in [1.54, 1.807) is 0 Å². The van der Waals surface area contributed by atoms with Gasteiger partial charge in [-0.2, -0.15) is 0 Å². The number of nitrogens with zero attached hydrogens (tertiary/aromatic N) is 2. The highest BCUT2D eigenvalue weighted by Gasteiger charge is 2.45. The highest BCUT2D eigenvalue weighted by atomic mass is 19.4. The lowest BCUT2D eigenvalue weighted by Crippen LogP contribution is -2.32. The van der Waals surface area contributed by atoms with Crippen LogP contribution in [-0.2, 0) is 9.47 Å². The van der Waals surface area contributed by atoms with Crippen LogP contribution in [0.15, 0.2) is 4.42 Å². The molecule has 118 valence electrons. The number of hydrogen-bond donors (Lipinski definition) is 1. The van der Waals surface area contributed by atoms with Gasteiger partial charge in [-0.25, -0.2) is 0 Å². The van der Waals surface area contributed by atoms with Crippen LogP contribution in [0.1, 0.15) is 43.1 Å². The number of alkyl halides is 3. The van der Waals surface area contributed by atoms with Crippen molar-refractivity contribution in [1.29, 1.82) is 0 Å². The van der Waals surface area contributed by atoms with Gasteiger partial charge in [0, 0.05) is 12.0 Å². The van der Waals surface area contributed by atoms with Crippen LogP contribution >= 0.6 is 0 Å². The first-order valence-corrected chi connectivity index (χ1v) is 6.83. The number of ether oxygens (including phenoxy) is 2. The van der Waals surface area contributed by atoms with Crippen molar-refractivity contribution < 1.29 is 27.1 Å². The maximum Gasteiger partial charge on any atom is 0.522 e. The fraction of sp³-hybridized carbons (Fsp3) is 0.833. The maximum absolute atomic E-state index is 12.0. The highest BCUT2D eigenvalue weighted by molar-refractivity contribution is 5.07. The molecule has 9 heteroatoms. The minimum atomic E-state index is -4.60. The van der Waals surface area contributed by atoms with Crippen LogP contribution in [0.3, 0.4) is 0 Å². The van der Waals surface area contributed by atoms with Crippen molar-refractivity contribution in [2.24, 2.45) is 11.7 Å². The minimum Gasteiger partial charge on any atom is -0.422 e. The molecule has 0 bridgehead atoms. The zero-order valence-electron chi connectivity index (χ0n) is 11.2. The van der Waals surface area contributed by atoms with Crippen molar-refractivity contribution in [2.75, 3.05) is 13.2 Å². The average Bonchev–Trinajstić information content (AvgIpc) is 3.04. The third kappa shape index (κ3) is 3.72. The largest absolute Gasteiger partial charge is 0.522 e. The molecule has 0 spiro atoms. The third-order valence-corrected chi connectivity index (χ3v) is 3.74. The molecule has 1 aliphatic carbocycles. The fourth-order valence-electron chi connectivity index (χ4n) is 2.43. The SMILES string of the molecule is NC1CCC(c2nnc(C3CC3COC(F)(F)F)o2)OC1. The normalized spacial score (nSPS) is 33.1. The van der Waals surface area contributed by atoms with Gasteiger partial charge in [-0.3, -0.25) is 4.74 Å². The second kappa shape index (κ2) is 5.54. The molecule has 1 saturated carbocycles. The average molecular weight is 307 g/mol. The molecule has 2 fully saturated rings. The summed E-state index contributed by atoms with van der Waals surface area (Å²) in [5, 5.41) is 7.83. The van der Waals surface area contributed by atoms with E-state index in [4.69, 9.17) is 14.9 Å². The van der Waals surface area contributed by atoms with Crippen LogP contribution in [-0.4, -0.2) is 35.8 Å². The quantitative estimate of drug-likeness (QED) is 0.914. The summed E-state index contributed by atoms with van der Waals surface area (Å²) in [5.41, 5.74) is 5.73. The Hall–Kier alpha value is -1.19. The topological polar surface area (TPSA) is 83.4 Å². The van der Waals surface area contributed by atoms with Crippen LogP contribution in [0.25, 0.3) is 0 Å². The van der Waals surface area contributed by atoms with E-state index in [1.807, 2.05) is 0 Å². The van der Waals surface area contributed by atoms with E-state index in [-0.39, 0.29) is 30.6 Å². The lowest BCUT2D eigenvalue weighted by atomic mass is 10.1. The molecule has 21 heavy (non-hydrogen) atoms. The molecule has 3 rings (SSSR count). The predicted octanol–water partition coefficient (Wildman–Crippen LogP) is 1.89. The fourth-order valence-corrected chi connectivity index (χ4v) is 2.43. The first kappa shape index (κ1) is 14.7. The maximum atomic E-state index is 12.0. The molecule has 4 atom stereocenters. The summed E-state index contributed by atoms with van der Waals surface area (Å²) in [4.78, 5) is 0. The summed E-state index contributed by atoms with van der Waals surface area (Å²) in [6.45, 7) is 0.0640. The summed E-state index contributed by atoms with van der Waals surface area (Å²) in [6.07, 6.45) is -2.78. The van der Waals surface area contributed by atoms with Gasteiger partial charge in [0.1, 0.15) is 6.10 Å². The van der Waals surface area contributed by atoms with Gasteiger partial charge in [0.2, 0.25) is 11.8 Å². The second-order valence-corrected chi connectivity index (χ2v) is 5.50. The van der Waals surface area contributed by atoms with Crippen LogP contribution < -0.4 is 5.73 Å². The van der Waals surface area contributed by atoms with Gasteiger partial charge >= 0.3 is 6.36 Å². The van der Waals surface area contributed by atoms with E-state index in [1.165, 1.54) is 0 Å². The monoisotopic (exact) mass is 307 g/mol. The predicted molar refractivity (Wildman–Crippen MR) is 63.1 cm³/mol. The molecular formula is C12H16F3N3O3. The Kier molecular flexibility index (Phi) is 3.89. The lowest BCUT2D eigenvalue weighted by Gasteiger charge is -2.24. The van der Waals surface area contributed by atoms with Gasteiger partial charge in [-0.05, 0) is 25.2 Å². The Morgan fingerprint density at radius 2 is 2.00 bits per heavy atom. The summed E-state index contributed by atoms with van der Waals surface area (Å²) in [6, 6.07) is 0.0240. The molecule has 2 aliphatic rings. The summed E-state index contributed by atoms with van der Waals surface area (Å²) in [5.74, 6) is 0.360. The number of hydrogen-bond acceptors (Lipinski definition) is 6. The molecule has 1 aromatic rings. The molecule has 0 radical (unpaired) electrons. The first-order valence-electron chi connectivity index (χ1n) is 6.83. The standard InChI is InChI=1S/C12H16F3N3O3/c13-12(14,15)20-4-6-3-8(6)10-17-18-11(21-10)9-2-1-7(16)5-19-9/h6-9H,1-5,16H2. The Labute approximate surface area is 118 Å². The number of aromatic nitrogens is 2. The lowest BCUT2D eigenvalue weighted by molar-refractivity contribution is -0.326. The Morgan fingerprint density at radius 3 is 2.67 bits per heavy atom. The summed E-state index contributed by atoms with van der Waals surface area (Å²) in [7, 11) is 0. The Bertz CT molecular complexity index is 486. The molecule has 6 nitrogen and oxygen atoms in total. The molecule has 1 saturated heterocycles. The summed E-state index contributed by atoms with van der Waals surface area (Å²) < 4.78 is 50.7. The van der Waals surface area contributed by atoms with Gasteiger partial charge in [0.25, 0.3) is 0 Å². The van der Waals surface area contributed by atoms with Gasteiger partial charge in [0.05, 0.1) is 13.2 Å².